The Morgan fingerprint density at radius 2 is 2.45 bits per heavy atom. The molecule has 4 heteroatoms. The summed E-state index contributed by atoms with van der Waals surface area (Å²) < 4.78 is 7.46. The molecule has 3 nitrogen and oxygen atoms in total. The zero-order valence-electron chi connectivity index (χ0n) is 6.41. The average molecular weight is 217 g/mol. The van der Waals surface area contributed by atoms with Crippen molar-refractivity contribution in [3.05, 3.63) is 22.6 Å². The van der Waals surface area contributed by atoms with Crippen molar-refractivity contribution in [3.8, 4) is 0 Å². The Kier molecular flexibility index (Phi) is 2.70. The minimum Gasteiger partial charge on any atom is -0.504 e. The van der Waals surface area contributed by atoms with Gasteiger partial charge in [-0.15, -0.1) is 0 Å². The van der Waals surface area contributed by atoms with Crippen molar-refractivity contribution in [1.82, 2.24) is 9.78 Å². The maximum absolute atomic E-state index is 4.76. The monoisotopic (exact) mass is 216 g/mol. The van der Waals surface area contributed by atoms with Gasteiger partial charge in [0.15, 0.2) is 0 Å². The molecule has 0 unspecified atom stereocenters. The first-order valence-electron chi connectivity index (χ1n) is 3.12. The van der Waals surface area contributed by atoms with Crippen molar-refractivity contribution in [2.75, 3.05) is 7.11 Å². The van der Waals surface area contributed by atoms with Crippen molar-refractivity contribution in [2.24, 2.45) is 7.05 Å². The van der Waals surface area contributed by atoms with E-state index in [0.717, 1.165) is 10.2 Å². The molecule has 0 saturated heterocycles. The molecule has 1 aromatic heterocycles. The number of aromatic nitrogens is 2. The highest BCUT2D eigenvalue weighted by Crippen LogP contribution is 2.15. The Hall–Kier alpha value is -0.770. The van der Waals surface area contributed by atoms with Gasteiger partial charge in [-0.25, -0.2) is 0 Å². The van der Waals surface area contributed by atoms with Gasteiger partial charge in [0.05, 0.1) is 17.8 Å². The van der Waals surface area contributed by atoms with Crippen LogP contribution in [-0.4, -0.2) is 16.9 Å². The van der Waals surface area contributed by atoms with E-state index < -0.39 is 0 Å². The van der Waals surface area contributed by atoms with Gasteiger partial charge >= 0.3 is 0 Å². The summed E-state index contributed by atoms with van der Waals surface area (Å²) in [4.78, 5) is 0. The number of ether oxygens (including phenoxy) is 1. The van der Waals surface area contributed by atoms with Crippen molar-refractivity contribution in [2.45, 2.75) is 0 Å². The van der Waals surface area contributed by atoms with Crippen LogP contribution in [0.5, 0.6) is 0 Å². The molecule has 0 aliphatic heterocycles. The molecule has 0 N–H and O–H groups in total. The van der Waals surface area contributed by atoms with Crippen LogP contribution in [0.15, 0.2) is 16.9 Å². The second-order valence-corrected chi connectivity index (χ2v) is 2.93. The summed E-state index contributed by atoms with van der Waals surface area (Å²) >= 11 is 3.36. The summed E-state index contributed by atoms with van der Waals surface area (Å²) in [6.07, 6.45) is 5.27. The fourth-order valence-corrected chi connectivity index (χ4v) is 1.23. The van der Waals surface area contributed by atoms with Gasteiger partial charge in [-0.3, -0.25) is 4.68 Å². The summed E-state index contributed by atoms with van der Waals surface area (Å²) in [6, 6.07) is 0. The van der Waals surface area contributed by atoms with Crippen molar-refractivity contribution in [3.63, 3.8) is 0 Å². The molecule has 0 fully saturated rings. The lowest BCUT2D eigenvalue weighted by molar-refractivity contribution is 0.341. The van der Waals surface area contributed by atoms with Crippen LogP contribution in [0.3, 0.4) is 0 Å². The molecule has 0 bridgehead atoms. The molecule has 0 saturated carbocycles. The number of aryl methyl sites for hydroxylation is 1. The topological polar surface area (TPSA) is 27.1 Å². The van der Waals surface area contributed by atoms with E-state index in [2.05, 4.69) is 21.0 Å². The zero-order chi connectivity index (χ0) is 8.27. The number of methoxy groups -OCH3 is 1. The Morgan fingerprint density at radius 3 is 2.91 bits per heavy atom. The van der Waals surface area contributed by atoms with E-state index in [0.29, 0.717) is 0 Å². The normalized spacial score (nSPS) is 10.8. The van der Waals surface area contributed by atoms with Crippen LogP contribution in [0.1, 0.15) is 5.69 Å². The molecule has 0 spiro atoms. The lowest BCUT2D eigenvalue weighted by atomic mass is 10.4. The van der Waals surface area contributed by atoms with Crippen LogP contribution >= 0.6 is 15.9 Å². The molecule has 0 amide bonds. The van der Waals surface area contributed by atoms with E-state index in [9.17, 15) is 0 Å². The third-order valence-electron chi connectivity index (χ3n) is 1.17. The quantitative estimate of drug-likeness (QED) is 0.706. The number of hydrogen-bond donors (Lipinski definition) is 0. The second kappa shape index (κ2) is 3.57. The second-order valence-electron chi connectivity index (χ2n) is 2.07. The number of hydrogen-bond acceptors (Lipinski definition) is 2. The lowest BCUT2D eigenvalue weighted by Gasteiger charge is -1.86. The Bertz CT molecular complexity index is 267. The molecule has 0 aliphatic rings. The number of halogens is 1. The van der Waals surface area contributed by atoms with Crippen molar-refractivity contribution >= 4 is 22.0 Å². The van der Waals surface area contributed by atoms with E-state index in [1.54, 1.807) is 24.1 Å². The molecule has 1 rings (SSSR count). The SMILES string of the molecule is COC=Cc1nn(C)cc1Br. The molecule has 0 aromatic carbocycles. The standard InChI is InChI=1S/C7H9BrN2O/c1-10-5-6(8)7(9-10)3-4-11-2/h3-5H,1-2H3. The lowest BCUT2D eigenvalue weighted by Crippen LogP contribution is -1.86. The highest BCUT2D eigenvalue weighted by atomic mass is 79.9. The van der Waals surface area contributed by atoms with E-state index in [4.69, 9.17) is 4.74 Å². The summed E-state index contributed by atoms with van der Waals surface area (Å²) in [6.45, 7) is 0. The summed E-state index contributed by atoms with van der Waals surface area (Å²) in [7, 11) is 3.47. The maximum Gasteiger partial charge on any atom is 0.102 e. The average Bonchev–Trinajstić information content (AvgIpc) is 2.26. The predicted octanol–water partition coefficient (Wildman–Crippen LogP) is 1.80. The van der Waals surface area contributed by atoms with Crippen LogP contribution in [0.25, 0.3) is 6.08 Å². The fraction of sp³-hybridized carbons (Fsp3) is 0.286. The Labute approximate surface area is 73.8 Å². The Balaban J connectivity index is 2.85. The molecule has 60 valence electrons. The van der Waals surface area contributed by atoms with Crippen LogP contribution in [0, 0.1) is 0 Å². The first kappa shape index (κ1) is 8.33. The molecule has 0 atom stereocenters. The van der Waals surface area contributed by atoms with Gasteiger partial charge in [0.1, 0.15) is 5.69 Å². The van der Waals surface area contributed by atoms with Gasteiger partial charge in [0.25, 0.3) is 0 Å². The minimum absolute atomic E-state index is 0.870. The highest BCUT2D eigenvalue weighted by molar-refractivity contribution is 9.10. The van der Waals surface area contributed by atoms with Gasteiger partial charge < -0.3 is 4.74 Å². The molecule has 1 heterocycles. The first-order chi connectivity index (χ1) is 5.24. The summed E-state index contributed by atoms with van der Waals surface area (Å²) in [5.74, 6) is 0. The van der Waals surface area contributed by atoms with Gasteiger partial charge in [0, 0.05) is 19.3 Å². The fourth-order valence-electron chi connectivity index (χ4n) is 0.722. The highest BCUT2D eigenvalue weighted by Gasteiger charge is 1.98. The molecule has 1 aromatic rings. The zero-order valence-corrected chi connectivity index (χ0v) is 8.00. The van der Waals surface area contributed by atoms with Gasteiger partial charge in [-0.2, -0.15) is 5.10 Å². The molecule has 0 aliphatic carbocycles. The van der Waals surface area contributed by atoms with Gasteiger partial charge in [-0.05, 0) is 15.9 Å². The van der Waals surface area contributed by atoms with Crippen molar-refractivity contribution < 1.29 is 4.74 Å². The van der Waals surface area contributed by atoms with E-state index in [1.165, 1.54) is 0 Å². The summed E-state index contributed by atoms with van der Waals surface area (Å²) in [5.41, 5.74) is 0.870. The number of nitrogens with zero attached hydrogens (tertiary/aromatic N) is 2. The third-order valence-corrected chi connectivity index (χ3v) is 1.78. The van der Waals surface area contributed by atoms with Crippen LogP contribution in [0.4, 0.5) is 0 Å². The van der Waals surface area contributed by atoms with Crippen molar-refractivity contribution in [1.29, 1.82) is 0 Å². The smallest absolute Gasteiger partial charge is 0.102 e. The van der Waals surface area contributed by atoms with E-state index in [-0.39, 0.29) is 0 Å². The maximum atomic E-state index is 4.76. The first-order valence-corrected chi connectivity index (χ1v) is 3.92. The predicted molar refractivity (Wildman–Crippen MR) is 47.0 cm³/mol. The third kappa shape index (κ3) is 2.08. The minimum atomic E-state index is 0.870. The van der Waals surface area contributed by atoms with Gasteiger partial charge in [-0.1, -0.05) is 0 Å². The molecular formula is C7H9BrN2O. The van der Waals surface area contributed by atoms with Crippen LogP contribution in [0.2, 0.25) is 0 Å². The van der Waals surface area contributed by atoms with Gasteiger partial charge in [0.2, 0.25) is 0 Å². The molecule has 11 heavy (non-hydrogen) atoms. The Morgan fingerprint density at radius 1 is 1.73 bits per heavy atom. The largest absolute Gasteiger partial charge is 0.504 e. The summed E-state index contributed by atoms with van der Waals surface area (Å²) in [5, 5.41) is 4.15. The molecule has 0 radical (unpaired) electrons. The van der Waals surface area contributed by atoms with Crippen LogP contribution in [-0.2, 0) is 11.8 Å². The van der Waals surface area contributed by atoms with E-state index >= 15 is 0 Å². The number of rotatable bonds is 2. The molecular weight excluding hydrogens is 208 g/mol. The van der Waals surface area contributed by atoms with Crippen LogP contribution < -0.4 is 0 Å². The van der Waals surface area contributed by atoms with E-state index in [1.807, 2.05) is 13.2 Å².